The molecule has 1 nitrogen and oxygen atoms in total. The predicted octanol–water partition coefficient (Wildman–Crippen LogP) is 2.73. The van der Waals surface area contributed by atoms with Gasteiger partial charge in [0.1, 0.15) is 0 Å². The highest BCUT2D eigenvalue weighted by Gasteiger charge is 2.09. The Kier molecular flexibility index (Phi) is 4.37. The van der Waals surface area contributed by atoms with Gasteiger partial charge in [0.25, 0.3) is 0 Å². The molecule has 2 unspecified atom stereocenters. The summed E-state index contributed by atoms with van der Waals surface area (Å²) < 4.78 is 0. The highest BCUT2D eigenvalue weighted by Crippen LogP contribution is 2.17. The summed E-state index contributed by atoms with van der Waals surface area (Å²) in [7, 11) is 0. The van der Waals surface area contributed by atoms with Crippen LogP contribution in [0.2, 0.25) is 0 Å². The topological polar surface area (TPSA) is 12.0 Å². The molecule has 0 aromatic carbocycles. The molecule has 0 amide bonds. The van der Waals surface area contributed by atoms with Crippen LogP contribution in [0.4, 0.5) is 0 Å². The number of nitrogens with one attached hydrogen (secondary N) is 1. The van der Waals surface area contributed by atoms with Crippen LogP contribution in [0.5, 0.6) is 0 Å². The second-order valence-electron chi connectivity index (χ2n) is 3.87. The Morgan fingerprint density at radius 2 is 2.33 bits per heavy atom. The summed E-state index contributed by atoms with van der Waals surface area (Å²) in [4.78, 5) is 0. The van der Waals surface area contributed by atoms with Crippen molar-refractivity contribution in [2.24, 2.45) is 5.92 Å². The molecular weight excluding hydrogens is 146 g/mol. The average molecular weight is 167 g/mol. The van der Waals surface area contributed by atoms with Gasteiger partial charge in [0.05, 0.1) is 0 Å². The van der Waals surface area contributed by atoms with E-state index in [0.717, 1.165) is 5.92 Å². The smallest absolute Gasteiger partial charge is 0.00362 e. The Morgan fingerprint density at radius 1 is 1.50 bits per heavy atom. The second kappa shape index (κ2) is 5.36. The van der Waals surface area contributed by atoms with Crippen molar-refractivity contribution in [3.63, 3.8) is 0 Å². The largest absolute Gasteiger partial charge is 0.314 e. The SMILES string of the molecule is CCC(C)NCC1CC=CCC1. The minimum atomic E-state index is 0.691. The number of rotatable bonds is 4. The third-order valence-electron chi connectivity index (χ3n) is 2.75. The van der Waals surface area contributed by atoms with Gasteiger partial charge in [0.15, 0.2) is 0 Å². The van der Waals surface area contributed by atoms with E-state index in [0.29, 0.717) is 6.04 Å². The molecule has 12 heavy (non-hydrogen) atoms. The van der Waals surface area contributed by atoms with Gasteiger partial charge >= 0.3 is 0 Å². The first-order chi connectivity index (χ1) is 5.83. The van der Waals surface area contributed by atoms with Crippen LogP contribution >= 0.6 is 0 Å². The molecule has 1 rings (SSSR count). The molecule has 1 aliphatic carbocycles. The van der Waals surface area contributed by atoms with Crippen LogP contribution in [0.3, 0.4) is 0 Å². The van der Waals surface area contributed by atoms with Gasteiger partial charge in [-0.15, -0.1) is 0 Å². The number of allylic oxidation sites excluding steroid dienone is 2. The molecule has 1 heteroatoms. The number of hydrogen-bond acceptors (Lipinski definition) is 1. The summed E-state index contributed by atoms with van der Waals surface area (Å²) in [5.41, 5.74) is 0. The zero-order chi connectivity index (χ0) is 8.81. The lowest BCUT2D eigenvalue weighted by atomic mass is 9.94. The van der Waals surface area contributed by atoms with E-state index in [4.69, 9.17) is 0 Å². The molecule has 0 saturated carbocycles. The Bertz CT molecular complexity index is 140. The van der Waals surface area contributed by atoms with E-state index in [1.54, 1.807) is 0 Å². The zero-order valence-electron chi connectivity index (χ0n) is 8.34. The fraction of sp³-hybridized carbons (Fsp3) is 0.818. The summed E-state index contributed by atoms with van der Waals surface area (Å²) in [6.07, 6.45) is 9.81. The van der Waals surface area contributed by atoms with Gasteiger partial charge in [-0.3, -0.25) is 0 Å². The van der Waals surface area contributed by atoms with Crippen molar-refractivity contribution in [1.82, 2.24) is 5.32 Å². The molecule has 1 N–H and O–H groups in total. The third kappa shape index (κ3) is 3.40. The van der Waals surface area contributed by atoms with Crippen LogP contribution in [0, 0.1) is 5.92 Å². The Morgan fingerprint density at radius 3 is 2.92 bits per heavy atom. The maximum Gasteiger partial charge on any atom is 0.00362 e. The lowest BCUT2D eigenvalue weighted by Gasteiger charge is -2.20. The van der Waals surface area contributed by atoms with Crippen molar-refractivity contribution in [3.8, 4) is 0 Å². The fourth-order valence-corrected chi connectivity index (χ4v) is 1.55. The molecular formula is C11H21N. The Balaban J connectivity index is 2.10. The molecule has 0 fully saturated rings. The molecule has 0 saturated heterocycles. The van der Waals surface area contributed by atoms with E-state index in [1.807, 2.05) is 0 Å². The van der Waals surface area contributed by atoms with Gasteiger partial charge in [-0.2, -0.15) is 0 Å². The van der Waals surface area contributed by atoms with Gasteiger partial charge in [-0.05, 0) is 45.1 Å². The first-order valence-corrected chi connectivity index (χ1v) is 5.21. The van der Waals surface area contributed by atoms with E-state index in [-0.39, 0.29) is 0 Å². The quantitative estimate of drug-likeness (QED) is 0.635. The van der Waals surface area contributed by atoms with E-state index in [1.165, 1.54) is 32.2 Å². The monoisotopic (exact) mass is 167 g/mol. The first-order valence-electron chi connectivity index (χ1n) is 5.21. The molecule has 0 radical (unpaired) electrons. The van der Waals surface area contributed by atoms with Crippen molar-refractivity contribution in [2.75, 3.05) is 6.54 Å². The molecule has 70 valence electrons. The standard InChI is InChI=1S/C11H21N/c1-3-10(2)12-9-11-7-5-4-6-8-11/h4-5,10-12H,3,6-9H2,1-2H3. The zero-order valence-corrected chi connectivity index (χ0v) is 8.34. The molecule has 1 aliphatic rings. The summed E-state index contributed by atoms with van der Waals surface area (Å²) in [6, 6.07) is 0.691. The van der Waals surface area contributed by atoms with Crippen LogP contribution in [0.1, 0.15) is 39.5 Å². The fourth-order valence-electron chi connectivity index (χ4n) is 1.55. The van der Waals surface area contributed by atoms with Crippen molar-refractivity contribution in [3.05, 3.63) is 12.2 Å². The van der Waals surface area contributed by atoms with E-state index in [9.17, 15) is 0 Å². The van der Waals surface area contributed by atoms with Crippen molar-refractivity contribution >= 4 is 0 Å². The summed E-state index contributed by atoms with van der Waals surface area (Å²) in [6.45, 7) is 5.70. The van der Waals surface area contributed by atoms with Gasteiger partial charge in [0.2, 0.25) is 0 Å². The molecule has 0 spiro atoms. The lowest BCUT2D eigenvalue weighted by molar-refractivity contribution is 0.407. The van der Waals surface area contributed by atoms with Crippen molar-refractivity contribution in [1.29, 1.82) is 0 Å². The number of hydrogen-bond donors (Lipinski definition) is 1. The normalized spacial score (nSPS) is 25.7. The summed E-state index contributed by atoms with van der Waals surface area (Å²) in [5, 5.41) is 3.57. The molecule has 0 heterocycles. The predicted molar refractivity (Wildman–Crippen MR) is 54.2 cm³/mol. The summed E-state index contributed by atoms with van der Waals surface area (Å²) in [5.74, 6) is 0.893. The van der Waals surface area contributed by atoms with Crippen LogP contribution in [-0.4, -0.2) is 12.6 Å². The van der Waals surface area contributed by atoms with E-state index in [2.05, 4.69) is 31.3 Å². The van der Waals surface area contributed by atoms with Gasteiger partial charge in [-0.25, -0.2) is 0 Å². The Hall–Kier alpha value is -0.300. The minimum absolute atomic E-state index is 0.691. The highest BCUT2D eigenvalue weighted by atomic mass is 14.9. The van der Waals surface area contributed by atoms with Gasteiger partial charge in [0, 0.05) is 6.04 Å². The first kappa shape index (κ1) is 9.79. The Labute approximate surface area is 76.2 Å². The molecule has 0 aromatic rings. The molecule has 0 aliphatic heterocycles. The maximum absolute atomic E-state index is 3.57. The average Bonchev–Trinajstić information content (AvgIpc) is 2.16. The molecule has 0 aromatic heterocycles. The minimum Gasteiger partial charge on any atom is -0.314 e. The van der Waals surface area contributed by atoms with Gasteiger partial charge < -0.3 is 5.32 Å². The van der Waals surface area contributed by atoms with Crippen LogP contribution in [-0.2, 0) is 0 Å². The summed E-state index contributed by atoms with van der Waals surface area (Å²) >= 11 is 0. The maximum atomic E-state index is 3.57. The van der Waals surface area contributed by atoms with Crippen LogP contribution in [0.25, 0.3) is 0 Å². The van der Waals surface area contributed by atoms with Crippen molar-refractivity contribution < 1.29 is 0 Å². The molecule has 0 bridgehead atoms. The second-order valence-corrected chi connectivity index (χ2v) is 3.87. The molecule has 2 atom stereocenters. The highest BCUT2D eigenvalue weighted by molar-refractivity contribution is 4.90. The lowest BCUT2D eigenvalue weighted by Crippen LogP contribution is -2.30. The van der Waals surface area contributed by atoms with E-state index < -0.39 is 0 Å². The van der Waals surface area contributed by atoms with E-state index >= 15 is 0 Å². The third-order valence-corrected chi connectivity index (χ3v) is 2.75. The van der Waals surface area contributed by atoms with Crippen LogP contribution in [0.15, 0.2) is 12.2 Å². The van der Waals surface area contributed by atoms with Crippen LogP contribution < -0.4 is 5.32 Å². The van der Waals surface area contributed by atoms with Gasteiger partial charge in [-0.1, -0.05) is 19.1 Å². The van der Waals surface area contributed by atoms with Crippen molar-refractivity contribution in [2.45, 2.75) is 45.6 Å².